The fourth-order valence-electron chi connectivity index (χ4n) is 3.14. The van der Waals surface area contributed by atoms with Gasteiger partial charge in [0.15, 0.2) is 24.8 Å². The molecule has 1 fully saturated rings. The molecular formula is C22H26IN5O7. The summed E-state index contributed by atoms with van der Waals surface area (Å²) in [5.74, 6) is -2.52. The molecule has 3 rings (SSSR count). The third-order valence-electron chi connectivity index (χ3n) is 5.03. The van der Waals surface area contributed by atoms with E-state index in [-0.39, 0.29) is 37.0 Å². The molecule has 0 unspecified atom stereocenters. The average Bonchev–Trinajstić information content (AvgIpc) is 3.26. The van der Waals surface area contributed by atoms with Crippen LogP contribution in [-0.4, -0.2) is 63.9 Å². The summed E-state index contributed by atoms with van der Waals surface area (Å²) in [7, 11) is 0. The van der Waals surface area contributed by atoms with Crippen molar-refractivity contribution in [1.29, 1.82) is 0 Å². The Labute approximate surface area is 214 Å². The van der Waals surface area contributed by atoms with Crippen LogP contribution in [0.3, 0.4) is 0 Å². The Morgan fingerprint density at radius 2 is 2.06 bits per heavy atom. The molecule has 0 spiro atoms. The van der Waals surface area contributed by atoms with Crippen molar-refractivity contribution in [2.24, 2.45) is 11.1 Å². The van der Waals surface area contributed by atoms with E-state index in [0.29, 0.717) is 0 Å². The van der Waals surface area contributed by atoms with Gasteiger partial charge in [0, 0.05) is 15.8 Å². The summed E-state index contributed by atoms with van der Waals surface area (Å²) in [5.41, 5.74) is 4.86. The van der Waals surface area contributed by atoms with Crippen LogP contribution >= 0.6 is 22.6 Å². The summed E-state index contributed by atoms with van der Waals surface area (Å²) < 4.78 is 12.7. The van der Waals surface area contributed by atoms with E-state index in [0.717, 1.165) is 3.57 Å². The van der Waals surface area contributed by atoms with Gasteiger partial charge in [0.05, 0.1) is 29.8 Å². The summed E-state index contributed by atoms with van der Waals surface area (Å²) in [6, 6.07) is 6.15. The van der Waals surface area contributed by atoms with Crippen molar-refractivity contribution in [3.8, 4) is 0 Å². The Balaban J connectivity index is 1.68. The number of nitrogens with two attached hydrogens (primary N) is 1. The Morgan fingerprint density at radius 3 is 2.71 bits per heavy atom. The maximum absolute atomic E-state index is 13.0. The number of morpholine rings is 1. The van der Waals surface area contributed by atoms with E-state index in [1.54, 1.807) is 32.9 Å². The van der Waals surface area contributed by atoms with Crippen LogP contribution in [0, 0.1) is 8.99 Å². The summed E-state index contributed by atoms with van der Waals surface area (Å²) in [5, 5.41) is 17.2. The number of halogens is 1. The number of primary amides is 1. The number of carbonyl (C=O) groups is 4. The SMILES string of the molecule is CC(C)(C)C(=O)OCn1ccc(N2CCO[C@H]([C@@H](O)C(=O)Nc3ccc(I)cc3C(N)=O)C2=O)n1. The van der Waals surface area contributed by atoms with E-state index in [1.807, 2.05) is 22.6 Å². The number of aliphatic hydroxyl groups is 1. The fraction of sp³-hybridized carbons (Fsp3) is 0.409. The molecule has 188 valence electrons. The summed E-state index contributed by atoms with van der Waals surface area (Å²) in [6.07, 6.45) is -1.82. The second kappa shape index (κ2) is 10.7. The lowest BCUT2D eigenvalue weighted by Crippen LogP contribution is -2.55. The van der Waals surface area contributed by atoms with Crippen LogP contribution in [0.15, 0.2) is 30.5 Å². The minimum absolute atomic E-state index is 0.0443. The molecular weight excluding hydrogens is 573 g/mol. The number of rotatable bonds is 7. The van der Waals surface area contributed by atoms with Crippen LogP contribution in [0.25, 0.3) is 0 Å². The molecule has 0 aliphatic carbocycles. The first-order valence-corrected chi connectivity index (χ1v) is 11.7. The third kappa shape index (κ3) is 6.35. The first kappa shape index (κ1) is 26.6. The quantitative estimate of drug-likeness (QED) is 0.312. The van der Waals surface area contributed by atoms with Gasteiger partial charge < -0.3 is 25.6 Å². The van der Waals surface area contributed by atoms with Crippen molar-refractivity contribution in [2.45, 2.75) is 39.7 Å². The number of hydrogen-bond acceptors (Lipinski definition) is 8. The van der Waals surface area contributed by atoms with Gasteiger partial charge in [0.1, 0.15) is 0 Å². The number of amides is 3. The Kier molecular flexibility index (Phi) is 8.12. The van der Waals surface area contributed by atoms with Crippen molar-refractivity contribution in [1.82, 2.24) is 9.78 Å². The molecule has 3 amide bonds. The Hall–Kier alpha value is -3.04. The van der Waals surface area contributed by atoms with Crippen LogP contribution in [-0.2, 0) is 30.6 Å². The lowest BCUT2D eigenvalue weighted by Gasteiger charge is -2.32. The number of nitrogens with one attached hydrogen (secondary N) is 1. The summed E-state index contributed by atoms with van der Waals surface area (Å²) in [4.78, 5) is 50.6. The second-order valence-corrected chi connectivity index (χ2v) is 10.0. The number of benzene rings is 1. The molecule has 1 aromatic carbocycles. The average molecular weight is 599 g/mol. The smallest absolute Gasteiger partial charge is 0.313 e. The van der Waals surface area contributed by atoms with Crippen LogP contribution < -0.4 is 16.0 Å². The molecule has 13 heteroatoms. The number of hydrogen-bond donors (Lipinski definition) is 3. The number of aliphatic hydroxyl groups excluding tert-OH is 1. The van der Waals surface area contributed by atoms with E-state index in [9.17, 15) is 24.3 Å². The number of carbonyl (C=O) groups excluding carboxylic acids is 4. The molecule has 4 N–H and O–H groups in total. The fourth-order valence-corrected chi connectivity index (χ4v) is 3.63. The molecule has 0 saturated carbocycles. The zero-order chi connectivity index (χ0) is 25.9. The minimum Gasteiger partial charge on any atom is -0.442 e. The second-order valence-electron chi connectivity index (χ2n) is 8.79. The van der Waals surface area contributed by atoms with E-state index >= 15 is 0 Å². The lowest BCUT2D eigenvalue weighted by atomic mass is 9.98. The van der Waals surface area contributed by atoms with Crippen LogP contribution in [0.4, 0.5) is 11.5 Å². The number of esters is 1. The number of nitrogens with zero attached hydrogens (tertiary/aromatic N) is 3. The zero-order valence-electron chi connectivity index (χ0n) is 19.4. The van der Waals surface area contributed by atoms with E-state index in [2.05, 4.69) is 10.4 Å². The predicted octanol–water partition coefficient (Wildman–Crippen LogP) is 0.865. The van der Waals surface area contributed by atoms with Crippen molar-refractivity contribution < 1.29 is 33.8 Å². The predicted molar refractivity (Wildman–Crippen MR) is 132 cm³/mol. The number of aromatic nitrogens is 2. The normalized spacial score (nSPS) is 17.1. The van der Waals surface area contributed by atoms with Crippen molar-refractivity contribution >= 4 is 57.8 Å². The van der Waals surface area contributed by atoms with E-state index in [4.69, 9.17) is 15.2 Å². The van der Waals surface area contributed by atoms with Gasteiger partial charge >= 0.3 is 5.97 Å². The maximum Gasteiger partial charge on any atom is 0.313 e. The molecule has 35 heavy (non-hydrogen) atoms. The first-order valence-electron chi connectivity index (χ1n) is 10.6. The number of anilines is 2. The molecule has 1 aliphatic rings. The summed E-state index contributed by atoms with van der Waals surface area (Å²) >= 11 is 1.99. The van der Waals surface area contributed by atoms with Gasteiger partial charge in [-0.15, -0.1) is 0 Å². The highest BCUT2D eigenvalue weighted by atomic mass is 127. The number of ether oxygens (including phenoxy) is 2. The van der Waals surface area contributed by atoms with Crippen LogP contribution in [0.1, 0.15) is 31.1 Å². The van der Waals surface area contributed by atoms with Gasteiger partial charge in [0.2, 0.25) is 0 Å². The van der Waals surface area contributed by atoms with Gasteiger partial charge in [-0.05, 0) is 61.6 Å². The molecule has 12 nitrogen and oxygen atoms in total. The standard InChI is InChI=1S/C22H26IN5O7/c1-22(2,3)21(33)35-11-27-7-6-15(26-27)28-8-9-34-17(20(28)32)16(29)19(31)25-14-5-4-12(23)10-13(14)18(24)30/h4-7,10,16-17,29H,8-9,11H2,1-3H3,(H2,24,30)(H,25,31)/t16-,17-/m1/s1. The van der Waals surface area contributed by atoms with E-state index in [1.165, 1.54) is 27.9 Å². The molecule has 0 bridgehead atoms. The van der Waals surface area contributed by atoms with Gasteiger partial charge in [-0.2, -0.15) is 5.10 Å². The largest absolute Gasteiger partial charge is 0.442 e. The molecule has 0 radical (unpaired) electrons. The highest BCUT2D eigenvalue weighted by molar-refractivity contribution is 14.1. The maximum atomic E-state index is 13.0. The van der Waals surface area contributed by atoms with Crippen LogP contribution in [0.5, 0.6) is 0 Å². The molecule has 2 atom stereocenters. The van der Waals surface area contributed by atoms with Gasteiger partial charge in [-0.3, -0.25) is 24.1 Å². The van der Waals surface area contributed by atoms with Crippen molar-refractivity contribution in [2.75, 3.05) is 23.4 Å². The van der Waals surface area contributed by atoms with Crippen LogP contribution in [0.2, 0.25) is 0 Å². The van der Waals surface area contributed by atoms with Gasteiger partial charge in [-0.1, -0.05) is 0 Å². The first-order chi connectivity index (χ1) is 16.4. The Bertz CT molecular complexity index is 1140. The topological polar surface area (TPSA) is 166 Å². The molecule has 2 aromatic rings. The van der Waals surface area contributed by atoms with Crippen molar-refractivity contribution in [3.05, 3.63) is 39.6 Å². The van der Waals surface area contributed by atoms with Crippen molar-refractivity contribution in [3.63, 3.8) is 0 Å². The minimum atomic E-state index is -1.86. The monoisotopic (exact) mass is 599 g/mol. The summed E-state index contributed by atoms with van der Waals surface area (Å²) in [6.45, 7) is 5.23. The molecule has 1 aromatic heterocycles. The van der Waals surface area contributed by atoms with Gasteiger partial charge in [-0.25, -0.2) is 4.68 Å². The highest BCUT2D eigenvalue weighted by Crippen LogP contribution is 2.22. The molecule has 1 saturated heterocycles. The van der Waals surface area contributed by atoms with E-state index < -0.39 is 41.3 Å². The molecule has 2 heterocycles. The molecule has 1 aliphatic heterocycles. The Morgan fingerprint density at radius 1 is 1.34 bits per heavy atom. The zero-order valence-corrected chi connectivity index (χ0v) is 21.5. The highest BCUT2D eigenvalue weighted by Gasteiger charge is 2.40. The van der Waals surface area contributed by atoms with Gasteiger partial charge in [0.25, 0.3) is 17.7 Å². The lowest BCUT2D eigenvalue weighted by molar-refractivity contribution is -0.157. The third-order valence-corrected chi connectivity index (χ3v) is 5.70.